The molecule has 0 aromatic heterocycles. The van der Waals surface area contributed by atoms with Crippen LogP contribution in [0.5, 0.6) is 0 Å². The second-order valence-electron chi connectivity index (χ2n) is 5.20. The minimum absolute atomic E-state index is 0.152. The molecule has 0 bridgehead atoms. The Morgan fingerprint density at radius 1 is 1.40 bits per heavy atom. The summed E-state index contributed by atoms with van der Waals surface area (Å²) in [7, 11) is 0. The summed E-state index contributed by atoms with van der Waals surface area (Å²) in [5, 5.41) is 3.06. The van der Waals surface area contributed by atoms with Crippen molar-refractivity contribution in [3.05, 3.63) is 0 Å². The highest BCUT2D eigenvalue weighted by Gasteiger charge is 2.33. The van der Waals surface area contributed by atoms with E-state index in [0.717, 1.165) is 6.42 Å². The number of nitrogens with two attached hydrogens (primary N) is 1. The number of carbonyl (C=O) groups excluding carboxylic acids is 1. The largest absolute Gasteiger partial charge is 0.352 e. The van der Waals surface area contributed by atoms with Gasteiger partial charge in [-0.05, 0) is 31.1 Å². The number of hydrogen-bond donors (Lipinski definition) is 2. The minimum Gasteiger partial charge on any atom is -0.352 e. The zero-order valence-electron chi connectivity index (χ0n) is 10.1. The molecule has 0 aromatic rings. The molecule has 0 aliphatic heterocycles. The van der Waals surface area contributed by atoms with Crippen LogP contribution in [0, 0.1) is 17.8 Å². The van der Waals surface area contributed by atoms with Crippen LogP contribution in [0.1, 0.15) is 40.0 Å². The maximum absolute atomic E-state index is 11.8. The molecule has 88 valence electrons. The predicted molar refractivity (Wildman–Crippen MR) is 62.3 cm³/mol. The van der Waals surface area contributed by atoms with Crippen LogP contribution >= 0.6 is 0 Å². The number of nitrogens with one attached hydrogen (secondary N) is 1. The Bertz CT molecular complexity index is 212. The van der Waals surface area contributed by atoms with Gasteiger partial charge in [0.25, 0.3) is 0 Å². The lowest BCUT2D eigenvalue weighted by Crippen LogP contribution is -2.43. The van der Waals surface area contributed by atoms with Crippen molar-refractivity contribution in [1.82, 2.24) is 5.32 Å². The highest BCUT2D eigenvalue weighted by atomic mass is 16.1. The lowest BCUT2D eigenvalue weighted by molar-refractivity contribution is -0.125. The lowest BCUT2D eigenvalue weighted by Gasteiger charge is -2.21. The first-order chi connectivity index (χ1) is 7.04. The summed E-state index contributed by atoms with van der Waals surface area (Å²) in [6, 6.07) is 0.152. The van der Waals surface area contributed by atoms with Crippen molar-refractivity contribution in [2.24, 2.45) is 23.5 Å². The topological polar surface area (TPSA) is 55.1 Å². The van der Waals surface area contributed by atoms with E-state index in [2.05, 4.69) is 19.2 Å². The SMILES string of the molecule is CC(C)CC(CN)NC(=O)C(C)C1CC1. The van der Waals surface area contributed by atoms with Crippen LogP contribution in [0.4, 0.5) is 0 Å². The van der Waals surface area contributed by atoms with Gasteiger partial charge in [0, 0.05) is 18.5 Å². The van der Waals surface area contributed by atoms with E-state index in [0.29, 0.717) is 18.4 Å². The summed E-state index contributed by atoms with van der Waals surface area (Å²) >= 11 is 0. The smallest absolute Gasteiger partial charge is 0.223 e. The average molecular weight is 212 g/mol. The number of carbonyl (C=O) groups is 1. The van der Waals surface area contributed by atoms with E-state index in [1.807, 2.05) is 6.92 Å². The quantitative estimate of drug-likeness (QED) is 0.701. The molecule has 15 heavy (non-hydrogen) atoms. The molecule has 3 nitrogen and oxygen atoms in total. The van der Waals surface area contributed by atoms with Crippen molar-refractivity contribution in [3.8, 4) is 0 Å². The molecule has 1 saturated carbocycles. The van der Waals surface area contributed by atoms with Crippen LogP contribution in [0.2, 0.25) is 0 Å². The van der Waals surface area contributed by atoms with Gasteiger partial charge in [-0.3, -0.25) is 4.79 Å². The Morgan fingerprint density at radius 3 is 2.40 bits per heavy atom. The maximum atomic E-state index is 11.8. The fourth-order valence-corrected chi connectivity index (χ4v) is 1.93. The zero-order chi connectivity index (χ0) is 11.4. The van der Waals surface area contributed by atoms with E-state index < -0.39 is 0 Å². The van der Waals surface area contributed by atoms with Crippen molar-refractivity contribution in [3.63, 3.8) is 0 Å². The molecule has 0 aromatic carbocycles. The summed E-state index contributed by atoms with van der Waals surface area (Å²) in [5.41, 5.74) is 5.65. The Balaban J connectivity index is 2.32. The van der Waals surface area contributed by atoms with E-state index in [1.165, 1.54) is 12.8 Å². The van der Waals surface area contributed by atoms with Gasteiger partial charge in [-0.25, -0.2) is 0 Å². The maximum Gasteiger partial charge on any atom is 0.223 e. The molecule has 2 atom stereocenters. The molecule has 3 N–H and O–H groups in total. The molecule has 1 aliphatic carbocycles. The van der Waals surface area contributed by atoms with Crippen LogP contribution in [0.3, 0.4) is 0 Å². The van der Waals surface area contributed by atoms with Gasteiger partial charge in [-0.2, -0.15) is 0 Å². The number of rotatable bonds is 6. The molecule has 2 unspecified atom stereocenters. The fraction of sp³-hybridized carbons (Fsp3) is 0.917. The van der Waals surface area contributed by atoms with Gasteiger partial charge in [0.2, 0.25) is 5.91 Å². The molecule has 1 fully saturated rings. The molecule has 1 amide bonds. The summed E-state index contributed by atoms with van der Waals surface area (Å²) in [5.74, 6) is 1.57. The van der Waals surface area contributed by atoms with Crippen molar-refractivity contribution >= 4 is 5.91 Å². The standard InChI is InChI=1S/C12H24N2O/c1-8(2)6-11(7-13)14-12(15)9(3)10-4-5-10/h8-11H,4-7,13H2,1-3H3,(H,14,15). The van der Waals surface area contributed by atoms with Crippen LogP contribution in [-0.4, -0.2) is 18.5 Å². The Labute approximate surface area is 92.8 Å². The van der Waals surface area contributed by atoms with E-state index in [-0.39, 0.29) is 17.9 Å². The first kappa shape index (κ1) is 12.5. The Hall–Kier alpha value is -0.570. The van der Waals surface area contributed by atoms with Crippen LogP contribution in [0.25, 0.3) is 0 Å². The van der Waals surface area contributed by atoms with E-state index in [9.17, 15) is 4.79 Å². The molecule has 1 aliphatic rings. The Morgan fingerprint density at radius 2 is 2.00 bits per heavy atom. The lowest BCUT2D eigenvalue weighted by atomic mass is 10.0. The highest BCUT2D eigenvalue weighted by Crippen LogP contribution is 2.36. The molecule has 0 saturated heterocycles. The summed E-state index contributed by atoms with van der Waals surface area (Å²) in [4.78, 5) is 11.8. The summed E-state index contributed by atoms with van der Waals surface area (Å²) in [6.07, 6.45) is 3.40. The molecule has 1 rings (SSSR count). The van der Waals surface area contributed by atoms with Crippen molar-refractivity contribution in [2.45, 2.75) is 46.1 Å². The van der Waals surface area contributed by atoms with Gasteiger partial charge in [-0.15, -0.1) is 0 Å². The van der Waals surface area contributed by atoms with E-state index in [4.69, 9.17) is 5.73 Å². The van der Waals surface area contributed by atoms with Crippen LogP contribution < -0.4 is 11.1 Å². The second kappa shape index (κ2) is 5.50. The van der Waals surface area contributed by atoms with E-state index >= 15 is 0 Å². The summed E-state index contributed by atoms with van der Waals surface area (Å²) in [6.45, 7) is 6.87. The van der Waals surface area contributed by atoms with Crippen molar-refractivity contribution < 1.29 is 4.79 Å². The normalized spacial score (nSPS) is 20.1. The van der Waals surface area contributed by atoms with Crippen molar-refractivity contribution in [2.75, 3.05) is 6.54 Å². The predicted octanol–water partition coefficient (Wildman–Crippen LogP) is 1.52. The summed E-state index contributed by atoms with van der Waals surface area (Å²) < 4.78 is 0. The van der Waals surface area contributed by atoms with E-state index in [1.54, 1.807) is 0 Å². The molecule has 0 radical (unpaired) electrons. The molecular formula is C12H24N2O. The third-order valence-electron chi connectivity index (χ3n) is 3.13. The van der Waals surface area contributed by atoms with Gasteiger partial charge in [-0.1, -0.05) is 20.8 Å². The van der Waals surface area contributed by atoms with Crippen LogP contribution in [-0.2, 0) is 4.79 Å². The van der Waals surface area contributed by atoms with Gasteiger partial charge in [0.05, 0.1) is 0 Å². The third-order valence-corrected chi connectivity index (χ3v) is 3.13. The molecular weight excluding hydrogens is 188 g/mol. The molecule has 3 heteroatoms. The van der Waals surface area contributed by atoms with Gasteiger partial charge >= 0.3 is 0 Å². The molecule has 0 heterocycles. The first-order valence-electron chi connectivity index (χ1n) is 6.05. The van der Waals surface area contributed by atoms with Crippen LogP contribution in [0.15, 0.2) is 0 Å². The van der Waals surface area contributed by atoms with Gasteiger partial charge < -0.3 is 11.1 Å². The van der Waals surface area contributed by atoms with Crippen molar-refractivity contribution in [1.29, 1.82) is 0 Å². The first-order valence-corrected chi connectivity index (χ1v) is 6.05. The highest BCUT2D eigenvalue weighted by molar-refractivity contribution is 5.79. The Kier molecular flexibility index (Phi) is 4.58. The monoisotopic (exact) mass is 212 g/mol. The second-order valence-corrected chi connectivity index (χ2v) is 5.20. The fourth-order valence-electron chi connectivity index (χ4n) is 1.93. The number of amides is 1. The average Bonchev–Trinajstić information content (AvgIpc) is 2.97. The number of hydrogen-bond acceptors (Lipinski definition) is 2. The minimum atomic E-state index is 0.152. The van der Waals surface area contributed by atoms with Gasteiger partial charge in [0.15, 0.2) is 0 Å². The third kappa shape index (κ3) is 4.20. The molecule has 0 spiro atoms. The zero-order valence-corrected chi connectivity index (χ0v) is 10.1. The van der Waals surface area contributed by atoms with Gasteiger partial charge in [0.1, 0.15) is 0 Å².